The van der Waals surface area contributed by atoms with E-state index in [-0.39, 0.29) is 17.1 Å². The number of aryl methyl sites for hydroxylation is 1. The van der Waals surface area contributed by atoms with Crippen LogP contribution in [0.15, 0.2) is 36.7 Å². The first-order chi connectivity index (χ1) is 11.0. The van der Waals surface area contributed by atoms with Crippen LogP contribution in [0.5, 0.6) is 0 Å². The van der Waals surface area contributed by atoms with Crippen molar-refractivity contribution in [3.8, 4) is 11.3 Å². The number of benzene rings is 1. The molecule has 5 nitrogen and oxygen atoms in total. The second-order valence-corrected chi connectivity index (χ2v) is 6.05. The zero-order valence-electron chi connectivity index (χ0n) is 13.2. The van der Waals surface area contributed by atoms with Crippen molar-refractivity contribution in [1.82, 2.24) is 14.5 Å². The van der Waals surface area contributed by atoms with Crippen LogP contribution in [-0.2, 0) is 11.8 Å². The van der Waals surface area contributed by atoms with Crippen molar-refractivity contribution >= 4 is 34.1 Å². The number of nitrogens with one attached hydrogen (secondary N) is 1. The summed E-state index contributed by atoms with van der Waals surface area (Å²) in [6.07, 6.45) is 3.53. The van der Waals surface area contributed by atoms with Crippen LogP contribution in [0.4, 0.5) is 5.69 Å². The van der Waals surface area contributed by atoms with Gasteiger partial charge in [-0.2, -0.15) is 0 Å². The SMILES string of the molecule is CC(C)C(=O)Nc1cnc(Cl)nc1-c1cn(C)c2ccccc12. The molecule has 1 N–H and O–H groups in total. The van der Waals surface area contributed by atoms with Crippen molar-refractivity contribution in [3.05, 3.63) is 41.9 Å². The molecule has 0 aliphatic rings. The molecular weight excluding hydrogens is 312 g/mol. The van der Waals surface area contributed by atoms with E-state index in [0.29, 0.717) is 11.4 Å². The van der Waals surface area contributed by atoms with Gasteiger partial charge >= 0.3 is 0 Å². The summed E-state index contributed by atoms with van der Waals surface area (Å²) in [4.78, 5) is 20.4. The Morgan fingerprint density at radius 3 is 2.78 bits per heavy atom. The number of anilines is 1. The van der Waals surface area contributed by atoms with Crippen LogP contribution in [0.25, 0.3) is 22.2 Å². The van der Waals surface area contributed by atoms with E-state index in [1.165, 1.54) is 0 Å². The van der Waals surface area contributed by atoms with Gasteiger partial charge in [0.2, 0.25) is 11.2 Å². The first-order valence-electron chi connectivity index (χ1n) is 7.35. The Morgan fingerprint density at radius 2 is 2.04 bits per heavy atom. The molecule has 1 amide bonds. The van der Waals surface area contributed by atoms with Gasteiger partial charge in [0.1, 0.15) is 5.69 Å². The quantitative estimate of drug-likeness (QED) is 0.742. The Morgan fingerprint density at radius 1 is 1.30 bits per heavy atom. The third kappa shape index (κ3) is 2.92. The van der Waals surface area contributed by atoms with Gasteiger partial charge in [-0.15, -0.1) is 0 Å². The number of aromatic nitrogens is 3. The zero-order valence-corrected chi connectivity index (χ0v) is 13.9. The second kappa shape index (κ2) is 6.01. The summed E-state index contributed by atoms with van der Waals surface area (Å²) in [6, 6.07) is 8.02. The number of nitrogens with zero attached hydrogens (tertiary/aromatic N) is 3. The number of hydrogen-bond donors (Lipinski definition) is 1. The number of amides is 1. The lowest BCUT2D eigenvalue weighted by Crippen LogP contribution is -2.18. The van der Waals surface area contributed by atoms with Crippen LogP contribution in [0, 0.1) is 5.92 Å². The maximum absolute atomic E-state index is 12.0. The standard InChI is InChI=1S/C17H17ClN4O/c1-10(2)16(23)20-13-8-19-17(18)21-15(13)12-9-22(3)14-7-5-4-6-11(12)14/h4-10H,1-3H3,(H,20,23). The minimum atomic E-state index is -0.133. The first-order valence-corrected chi connectivity index (χ1v) is 7.73. The molecule has 6 heteroatoms. The number of halogens is 1. The number of hydrogen-bond acceptors (Lipinski definition) is 3. The van der Waals surface area contributed by atoms with E-state index in [2.05, 4.69) is 15.3 Å². The number of fused-ring (bicyclic) bond motifs is 1. The lowest BCUT2D eigenvalue weighted by molar-refractivity contribution is -0.118. The number of carbonyl (C=O) groups is 1. The van der Waals surface area contributed by atoms with Gasteiger partial charge in [0.25, 0.3) is 0 Å². The monoisotopic (exact) mass is 328 g/mol. The average Bonchev–Trinajstić information content (AvgIpc) is 2.86. The zero-order chi connectivity index (χ0) is 16.6. The predicted molar refractivity (Wildman–Crippen MR) is 92.4 cm³/mol. The summed E-state index contributed by atoms with van der Waals surface area (Å²) in [5, 5.41) is 4.07. The highest BCUT2D eigenvalue weighted by Crippen LogP contribution is 2.33. The molecule has 0 spiro atoms. The number of carbonyl (C=O) groups excluding carboxylic acids is 1. The molecule has 0 saturated carbocycles. The van der Waals surface area contributed by atoms with Crippen LogP contribution in [0.3, 0.4) is 0 Å². The average molecular weight is 329 g/mol. The summed E-state index contributed by atoms with van der Waals surface area (Å²) in [5.74, 6) is -0.219. The second-order valence-electron chi connectivity index (χ2n) is 5.72. The van der Waals surface area contributed by atoms with E-state index < -0.39 is 0 Å². The normalized spacial score (nSPS) is 11.2. The van der Waals surface area contributed by atoms with E-state index >= 15 is 0 Å². The van der Waals surface area contributed by atoms with Crippen molar-refractivity contribution in [2.45, 2.75) is 13.8 Å². The van der Waals surface area contributed by atoms with Gasteiger partial charge in [-0.3, -0.25) is 4.79 Å². The van der Waals surface area contributed by atoms with Crippen molar-refractivity contribution in [3.63, 3.8) is 0 Å². The van der Waals surface area contributed by atoms with Crippen molar-refractivity contribution in [2.24, 2.45) is 13.0 Å². The summed E-state index contributed by atoms with van der Waals surface area (Å²) < 4.78 is 2.02. The van der Waals surface area contributed by atoms with Gasteiger partial charge in [0.15, 0.2) is 0 Å². The molecule has 3 rings (SSSR count). The minimum Gasteiger partial charge on any atom is -0.350 e. The highest BCUT2D eigenvalue weighted by Gasteiger charge is 2.17. The smallest absolute Gasteiger partial charge is 0.227 e. The van der Waals surface area contributed by atoms with E-state index in [4.69, 9.17) is 11.6 Å². The number of rotatable bonds is 3. The van der Waals surface area contributed by atoms with Crippen LogP contribution in [-0.4, -0.2) is 20.4 Å². The van der Waals surface area contributed by atoms with Crippen LogP contribution in [0.1, 0.15) is 13.8 Å². The molecule has 0 bridgehead atoms. The molecular formula is C17H17ClN4O. The molecule has 2 heterocycles. The van der Waals surface area contributed by atoms with Crippen molar-refractivity contribution < 1.29 is 4.79 Å². The minimum absolute atomic E-state index is 0.0857. The molecule has 0 aliphatic carbocycles. The molecule has 23 heavy (non-hydrogen) atoms. The Bertz CT molecular complexity index is 885. The lowest BCUT2D eigenvalue weighted by Gasteiger charge is -2.11. The molecule has 2 aromatic heterocycles. The Hall–Kier alpha value is -2.40. The molecule has 118 valence electrons. The molecule has 3 aromatic rings. The maximum Gasteiger partial charge on any atom is 0.227 e. The third-order valence-corrected chi connectivity index (χ3v) is 3.88. The molecule has 0 unspecified atom stereocenters. The largest absolute Gasteiger partial charge is 0.350 e. The third-order valence-electron chi connectivity index (χ3n) is 3.69. The molecule has 0 saturated heterocycles. The highest BCUT2D eigenvalue weighted by atomic mass is 35.5. The van der Waals surface area contributed by atoms with Gasteiger partial charge < -0.3 is 9.88 Å². The predicted octanol–water partition coefficient (Wildman–Crippen LogP) is 3.88. The molecule has 0 fully saturated rings. The van der Waals surface area contributed by atoms with Crippen LogP contribution >= 0.6 is 11.6 Å². The lowest BCUT2D eigenvalue weighted by atomic mass is 10.1. The fourth-order valence-electron chi connectivity index (χ4n) is 2.46. The Labute approximate surface area is 139 Å². The molecule has 0 atom stereocenters. The Kier molecular flexibility index (Phi) is 4.05. The summed E-state index contributed by atoms with van der Waals surface area (Å²) in [7, 11) is 1.97. The van der Waals surface area contributed by atoms with E-state index in [9.17, 15) is 4.79 Å². The van der Waals surface area contributed by atoms with Gasteiger partial charge in [0.05, 0.1) is 11.9 Å². The van der Waals surface area contributed by atoms with Crippen LogP contribution in [0.2, 0.25) is 5.28 Å². The number of para-hydroxylation sites is 1. The molecule has 0 radical (unpaired) electrons. The van der Waals surface area contributed by atoms with Crippen LogP contribution < -0.4 is 5.32 Å². The van der Waals surface area contributed by atoms with E-state index in [1.54, 1.807) is 6.20 Å². The van der Waals surface area contributed by atoms with E-state index in [0.717, 1.165) is 16.5 Å². The van der Waals surface area contributed by atoms with Gasteiger partial charge in [-0.05, 0) is 17.7 Å². The van der Waals surface area contributed by atoms with E-state index in [1.807, 2.05) is 55.9 Å². The summed E-state index contributed by atoms with van der Waals surface area (Å²) >= 11 is 5.98. The fourth-order valence-corrected chi connectivity index (χ4v) is 2.60. The van der Waals surface area contributed by atoms with Gasteiger partial charge in [-0.1, -0.05) is 32.0 Å². The molecule has 0 aliphatic heterocycles. The van der Waals surface area contributed by atoms with Crippen molar-refractivity contribution in [1.29, 1.82) is 0 Å². The first kappa shape index (κ1) is 15.5. The summed E-state index contributed by atoms with van der Waals surface area (Å²) in [5.41, 5.74) is 3.17. The fraction of sp³-hybridized carbons (Fsp3) is 0.235. The topological polar surface area (TPSA) is 59.8 Å². The summed E-state index contributed by atoms with van der Waals surface area (Å²) in [6.45, 7) is 3.67. The molecule has 1 aromatic carbocycles. The maximum atomic E-state index is 12.0. The van der Waals surface area contributed by atoms with Gasteiger partial charge in [-0.25, -0.2) is 9.97 Å². The Balaban J connectivity index is 2.18. The van der Waals surface area contributed by atoms with Crippen molar-refractivity contribution in [2.75, 3.05) is 5.32 Å². The highest BCUT2D eigenvalue weighted by molar-refractivity contribution is 6.28. The van der Waals surface area contributed by atoms with Gasteiger partial charge in [0, 0.05) is 35.6 Å².